The average molecular weight is 200 g/mol. The maximum absolute atomic E-state index is 5.78. The molecule has 0 aliphatic heterocycles. The minimum atomic E-state index is 0.639. The number of rotatable bonds is 7. The van der Waals surface area contributed by atoms with E-state index in [1.807, 2.05) is 0 Å². The molecule has 0 aromatic carbocycles. The van der Waals surface area contributed by atoms with Gasteiger partial charge in [0.15, 0.2) is 0 Å². The lowest BCUT2D eigenvalue weighted by molar-refractivity contribution is 0.177. The van der Waals surface area contributed by atoms with Gasteiger partial charge in [-0.3, -0.25) is 0 Å². The Bertz CT molecular complexity index is 130. The van der Waals surface area contributed by atoms with Gasteiger partial charge in [0, 0.05) is 12.6 Å². The third kappa shape index (κ3) is 4.43. The van der Waals surface area contributed by atoms with Crippen LogP contribution in [0.4, 0.5) is 0 Å². The Balaban J connectivity index is 4.06. The molecule has 0 aliphatic rings. The second kappa shape index (κ2) is 7.24. The van der Waals surface area contributed by atoms with Crippen molar-refractivity contribution in [2.75, 3.05) is 20.1 Å². The fraction of sp³-hybridized carbons (Fsp3) is 1.00. The number of nitrogens with zero attached hydrogens (tertiary/aromatic N) is 1. The molecule has 1 atom stereocenters. The van der Waals surface area contributed by atoms with Gasteiger partial charge in [-0.1, -0.05) is 27.7 Å². The van der Waals surface area contributed by atoms with E-state index in [0.717, 1.165) is 19.1 Å². The first-order valence-corrected chi connectivity index (χ1v) is 5.97. The van der Waals surface area contributed by atoms with Crippen molar-refractivity contribution >= 4 is 0 Å². The van der Waals surface area contributed by atoms with Gasteiger partial charge in [-0.05, 0) is 38.3 Å². The Kier molecular flexibility index (Phi) is 7.20. The molecule has 2 heteroatoms. The molecular formula is C12H28N2. The van der Waals surface area contributed by atoms with Gasteiger partial charge >= 0.3 is 0 Å². The quantitative estimate of drug-likeness (QED) is 0.683. The van der Waals surface area contributed by atoms with Crippen LogP contribution in [0.25, 0.3) is 0 Å². The predicted molar refractivity (Wildman–Crippen MR) is 64.4 cm³/mol. The van der Waals surface area contributed by atoms with E-state index in [9.17, 15) is 0 Å². The third-order valence-corrected chi connectivity index (χ3v) is 3.33. The standard InChI is InChI=1S/C12H28N2/c1-6-12(7-2)14(5)9-11(8-13)10(3)4/h10-12H,6-9,13H2,1-5H3. The van der Waals surface area contributed by atoms with Gasteiger partial charge in [-0.15, -0.1) is 0 Å². The molecule has 86 valence electrons. The Hall–Kier alpha value is -0.0800. The molecule has 0 radical (unpaired) electrons. The van der Waals surface area contributed by atoms with Crippen LogP contribution in [0.15, 0.2) is 0 Å². The molecule has 0 aromatic heterocycles. The van der Waals surface area contributed by atoms with Gasteiger partial charge in [0.1, 0.15) is 0 Å². The normalized spacial score (nSPS) is 14.4. The van der Waals surface area contributed by atoms with Crippen molar-refractivity contribution in [2.24, 2.45) is 17.6 Å². The third-order valence-electron chi connectivity index (χ3n) is 3.33. The molecule has 0 aliphatic carbocycles. The highest BCUT2D eigenvalue weighted by Crippen LogP contribution is 2.14. The number of nitrogens with two attached hydrogens (primary N) is 1. The van der Waals surface area contributed by atoms with Crippen LogP contribution in [0.5, 0.6) is 0 Å². The largest absolute Gasteiger partial charge is 0.330 e. The second-order valence-electron chi connectivity index (χ2n) is 4.65. The summed E-state index contributed by atoms with van der Waals surface area (Å²) in [6, 6.07) is 0.725. The lowest BCUT2D eigenvalue weighted by Gasteiger charge is -2.31. The SMILES string of the molecule is CCC(CC)N(C)CC(CN)C(C)C. The van der Waals surface area contributed by atoms with Gasteiger partial charge in [0.2, 0.25) is 0 Å². The molecule has 0 spiro atoms. The van der Waals surface area contributed by atoms with E-state index in [1.54, 1.807) is 0 Å². The molecule has 0 saturated heterocycles. The Morgan fingerprint density at radius 3 is 1.93 bits per heavy atom. The molecule has 2 N–H and O–H groups in total. The van der Waals surface area contributed by atoms with Crippen LogP contribution in [0.1, 0.15) is 40.5 Å². The fourth-order valence-corrected chi connectivity index (χ4v) is 1.99. The summed E-state index contributed by atoms with van der Waals surface area (Å²) in [5, 5.41) is 0. The van der Waals surface area contributed by atoms with E-state index in [-0.39, 0.29) is 0 Å². The zero-order valence-electron chi connectivity index (χ0n) is 10.6. The molecule has 0 bridgehead atoms. The number of hydrogen-bond donors (Lipinski definition) is 1. The van der Waals surface area contributed by atoms with Crippen molar-refractivity contribution in [3.05, 3.63) is 0 Å². The zero-order valence-corrected chi connectivity index (χ0v) is 10.6. The summed E-state index contributed by atoms with van der Waals surface area (Å²) in [5.41, 5.74) is 5.78. The Morgan fingerprint density at radius 2 is 1.64 bits per heavy atom. The maximum Gasteiger partial charge on any atom is 0.00870 e. The van der Waals surface area contributed by atoms with Crippen molar-refractivity contribution in [3.63, 3.8) is 0 Å². The van der Waals surface area contributed by atoms with E-state index in [0.29, 0.717) is 11.8 Å². The summed E-state index contributed by atoms with van der Waals surface area (Å²) >= 11 is 0. The predicted octanol–water partition coefficient (Wildman–Crippen LogP) is 2.34. The van der Waals surface area contributed by atoms with Crippen LogP contribution in [0, 0.1) is 11.8 Å². The highest BCUT2D eigenvalue weighted by atomic mass is 15.1. The van der Waals surface area contributed by atoms with Gasteiger partial charge in [-0.2, -0.15) is 0 Å². The second-order valence-corrected chi connectivity index (χ2v) is 4.65. The zero-order chi connectivity index (χ0) is 11.1. The summed E-state index contributed by atoms with van der Waals surface area (Å²) in [6.07, 6.45) is 2.48. The molecule has 1 unspecified atom stereocenters. The van der Waals surface area contributed by atoms with Gasteiger partial charge in [0.05, 0.1) is 0 Å². The van der Waals surface area contributed by atoms with Crippen LogP contribution in [-0.2, 0) is 0 Å². The molecule has 0 heterocycles. The average Bonchev–Trinajstić information content (AvgIpc) is 2.15. The van der Waals surface area contributed by atoms with E-state index in [1.165, 1.54) is 12.8 Å². The topological polar surface area (TPSA) is 29.3 Å². The minimum Gasteiger partial charge on any atom is -0.330 e. The van der Waals surface area contributed by atoms with Gasteiger partial charge in [-0.25, -0.2) is 0 Å². The molecule has 14 heavy (non-hydrogen) atoms. The Labute approximate surface area is 89.9 Å². The van der Waals surface area contributed by atoms with Gasteiger partial charge < -0.3 is 10.6 Å². The van der Waals surface area contributed by atoms with E-state index >= 15 is 0 Å². The molecular weight excluding hydrogens is 172 g/mol. The summed E-state index contributed by atoms with van der Waals surface area (Å²) in [7, 11) is 2.22. The van der Waals surface area contributed by atoms with Crippen LogP contribution in [0.2, 0.25) is 0 Å². The summed E-state index contributed by atoms with van der Waals surface area (Å²) in [4.78, 5) is 2.47. The number of hydrogen-bond acceptors (Lipinski definition) is 2. The van der Waals surface area contributed by atoms with Crippen molar-refractivity contribution in [1.82, 2.24) is 4.90 Å². The molecule has 0 saturated carbocycles. The summed E-state index contributed by atoms with van der Waals surface area (Å²) in [6.45, 7) is 11.0. The first-order chi connectivity index (χ1) is 6.56. The first kappa shape index (κ1) is 13.9. The van der Waals surface area contributed by atoms with Crippen molar-refractivity contribution in [1.29, 1.82) is 0 Å². The highest BCUT2D eigenvalue weighted by molar-refractivity contribution is 4.72. The molecule has 0 fully saturated rings. The van der Waals surface area contributed by atoms with Crippen molar-refractivity contribution in [3.8, 4) is 0 Å². The Morgan fingerprint density at radius 1 is 1.14 bits per heavy atom. The van der Waals surface area contributed by atoms with Gasteiger partial charge in [0.25, 0.3) is 0 Å². The highest BCUT2D eigenvalue weighted by Gasteiger charge is 2.17. The van der Waals surface area contributed by atoms with Crippen LogP contribution in [-0.4, -0.2) is 31.1 Å². The molecule has 2 nitrogen and oxygen atoms in total. The van der Waals surface area contributed by atoms with E-state index in [4.69, 9.17) is 5.73 Å². The summed E-state index contributed by atoms with van der Waals surface area (Å²) in [5.74, 6) is 1.33. The lowest BCUT2D eigenvalue weighted by atomic mass is 9.94. The van der Waals surface area contributed by atoms with Crippen molar-refractivity contribution in [2.45, 2.75) is 46.6 Å². The van der Waals surface area contributed by atoms with E-state index in [2.05, 4.69) is 39.6 Å². The minimum absolute atomic E-state index is 0.639. The summed E-state index contributed by atoms with van der Waals surface area (Å²) < 4.78 is 0. The maximum atomic E-state index is 5.78. The lowest BCUT2D eigenvalue weighted by Crippen LogP contribution is -2.38. The van der Waals surface area contributed by atoms with Crippen LogP contribution >= 0.6 is 0 Å². The van der Waals surface area contributed by atoms with Crippen LogP contribution < -0.4 is 5.73 Å². The smallest absolute Gasteiger partial charge is 0.00870 e. The van der Waals surface area contributed by atoms with E-state index < -0.39 is 0 Å². The van der Waals surface area contributed by atoms with Crippen LogP contribution in [0.3, 0.4) is 0 Å². The molecule has 0 rings (SSSR count). The molecule has 0 aromatic rings. The first-order valence-electron chi connectivity index (χ1n) is 5.97. The van der Waals surface area contributed by atoms with Crippen molar-refractivity contribution < 1.29 is 0 Å². The molecule has 0 amide bonds. The fourth-order valence-electron chi connectivity index (χ4n) is 1.99. The monoisotopic (exact) mass is 200 g/mol.